The minimum atomic E-state index is -0.0511. The van der Waals surface area contributed by atoms with E-state index in [1.807, 2.05) is 24.7 Å². The summed E-state index contributed by atoms with van der Waals surface area (Å²) in [5.41, 5.74) is 0.957. The molecule has 2 rings (SSSR count). The molecular formula is C13H18N4S. The fourth-order valence-corrected chi connectivity index (χ4v) is 2.18. The molecule has 0 bridgehead atoms. The number of aromatic nitrogens is 3. The predicted molar refractivity (Wildman–Crippen MR) is 75.2 cm³/mol. The quantitative estimate of drug-likeness (QED) is 0.924. The summed E-state index contributed by atoms with van der Waals surface area (Å²) in [6.45, 7) is 6.36. The van der Waals surface area contributed by atoms with Crippen molar-refractivity contribution in [3.05, 3.63) is 34.2 Å². The molecule has 0 atom stereocenters. The van der Waals surface area contributed by atoms with Crippen LogP contribution < -0.4 is 5.32 Å². The summed E-state index contributed by atoms with van der Waals surface area (Å²) in [6.07, 6.45) is 2.59. The number of nitrogens with zero attached hydrogens (tertiary/aromatic N) is 3. The Balaban J connectivity index is 2.35. The molecule has 0 aromatic carbocycles. The topological polar surface area (TPSA) is 50.7 Å². The summed E-state index contributed by atoms with van der Waals surface area (Å²) in [6, 6.07) is 1.98. The van der Waals surface area contributed by atoms with E-state index in [0.29, 0.717) is 0 Å². The van der Waals surface area contributed by atoms with Crippen LogP contribution in [0.1, 0.15) is 37.3 Å². The van der Waals surface area contributed by atoms with E-state index in [-0.39, 0.29) is 5.41 Å². The second-order valence-electron chi connectivity index (χ2n) is 5.17. The summed E-state index contributed by atoms with van der Waals surface area (Å²) in [7, 11) is 1.88. The summed E-state index contributed by atoms with van der Waals surface area (Å²) in [5.74, 6) is 1.72. The fourth-order valence-electron chi connectivity index (χ4n) is 1.55. The summed E-state index contributed by atoms with van der Waals surface area (Å²) < 4.78 is 0. The Hall–Kier alpha value is -1.49. The van der Waals surface area contributed by atoms with E-state index in [9.17, 15) is 0 Å². The van der Waals surface area contributed by atoms with Crippen LogP contribution in [0.5, 0.6) is 0 Å². The molecule has 2 heterocycles. The van der Waals surface area contributed by atoms with Gasteiger partial charge in [-0.15, -0.1) is 11.3 Å². The van der Waals surface area contributed by atoms with Gasteiger partial charge in [0.25, 0.3) is 0 Å². The van der Waals surface area contributed by atoms with Crippen LogP contribution in [0.15, 0.2) is 17.6 Å². The zero-order chi connectivity index (χ0) is 13.2. The van der Waals surface area contributed by atoms with E-state index in [1.165, 1.54) is 0 Å². The van der Waals surface area contributed by atoms with Gasteiger partial charge in [-0.05, 0) is 0 Å². The van der Waals surface area contributed by atoms with Crippen molar-refractivity contribution < 1.29 is 0 Å². The van der Waals surface area contributed by atoms with Crippen LogP contribution in [0.3, 0.4) is 0 Å². The number of anilines is 1. The minimum absolute atomic E-state index is 0.0511. The summed E-state index contributed by atoms with van der Waals surface area (Å²) in [4.78, 5) is 13.5. The van der Waals surface area contributed by atoms with Gasteiger partial charge in [-0.25, -0.2) is 15.0 Å². The van der Waals surface area contributed by atoms with Crippen molar-refractivity contribution in [2.24, 2.45) is 0 Å². The van der Waals surface area contributed by atoms with E-state index in [0.717, 1.165) is 28.8 Å². The summed E-state index contributed by atoms with van der Waals surface area (Å²) >= 11 is 1.65. The maximum absolute atomic E-state index is 4.64. The molecule has 0 spiro atoms. The first-order valence-corrected chi connectivity index (χ1v) is 6.81. The van der Waals surface area contributed by atoms with Crippen molar-refractivity contribution in [3.8, 4) is 0 Å². The standard InChI is InChI=1S/C13H18N4S/c1-13(2,3)12-16-9(7-10(14-4)17-12)8-11-15-5-6-18-11/h5-7H,8H2,1-4H3,(H,14,16,17). The molecule has 5 heteroatoms. The Bertz CT molecular complexity index is 514. The van der Waals surface area contributed by atoms with Gasteiger partial charge in [-0.1, -0.05) is 20.8 Å². The number of hydrogen-bond donors (Lipinski definition) is 1. The van der Waals surface area contributed by atoms with Crippen molar-refractivity contribution >= 4 is 17.2 Å². The second-order valence-corrected chi connectivity index (χ2v) is 6.15. The van der Waals surface area contributed by atoms with Gasteiger partial charge in [-0.2, -0.15) is 0 Å². The molecule has 96 valence electrons. The average Bonchev–Trinajstić information content (AvgIpc) is 2.80. The lowest BCUT2D eigenvalue weighted by Gasteiger charge is -2.18. The van der Waals surface area contributed by atoms with Crippen LogP contribution in [0.25, 0.3) is 0 Å². The molecule has 0 aliphatic carbocycles. The molecule has 0 saturated heterocycles. The normalized spacial score (nSPS) is 11.6. The predicted octanol–water partition coefficient (Wildman–Crippen LogP) is 2.86. The van der Waals surface area contributed by atoms with Crippen molar-refractivity contribution in [3.63, 3.8) is 0 Å². The third-order valence-electron chi connectivity index (χ3n) is 2.52. The van der Waals surface area contributed by atoms with Gasteiger partial charge in [0.05, 0.1) is 10.7 Å². The van der Waals surface area contributed by atoms with Crippen molar-refractivity contribution in [1.29, 1.82) is 0 Å². The molecule has 2 aromatic heterocycles. The van der Waals surface area contributed by atoms with E-state index in [4.69, 9.17) is 0 Å². The number of hydrogen-bond acceptors (Lipinski definition) is 5. The highest BCUT2D eigenvalue weighted by Crippen LogP contribution is 2.21. The van der Waals surface area contributed by atoms with E-state index in [1.54, 1.807) is 11.3 Å². The van der Waals surface area contributed by atoms with E-state index < -0.39 is 0 Å². The highest BCUT2D eigenvalue weighted by molar-refractivity contribution is 7.09. The first-order chi connectivity index (χ1) is 8.49. The fraction of sp³-hybridized carbons (Fsp3) is 0.462. The monoisotopic (exact) mass is 262 g/mol. The molecule has 18 heavy (non-hydrogen) atoms. The Kier molecular flexibility index (Phi) is 3.61. The molecule has 1 N–H and O–H groups in total. The van der Waals surface area contributed by atoms with Gasteiger partial charge in [-0.3, -0.25) is 0 Å². The average molecular weight is 262 g/mol. The Labute approximate surface area is 112 Å². The van der Waals surface area contributed by atoms with Gasteiger partial charge in [0.1, 0.15) is 11.6 Å². The lowest BCUT2D eigenvalue weighted by atomic mass is 9.95. The number of thiazole rings is 1. The van der Waals surface area contributed by atoms with Crippen molar-refractivity contribution in [1.82, 2.24) is 15.0 Å². The van der Waals surface area contributed by atoms with Crippen LogP contribution in [0.2, 0.25) is 0 Å². The molecule has 2 aromatic rings. The molecular weight excluding hydrogens is 244 g/mol. The molecule has 0 amide bonds. The number of nitrogens with one attached hydrogen (secondary N) is 1. The Morgan fingerprint density at radius 3 is 2.61 bits per heavy atom. The lowest BCUT2D eigenvalue weighted by molar-refractivity contribution is 0.543. The zero-order valence-corrected chi connectivity index (χ0v) is 12.0. The highest BCUT2D eigenvalue weighted by Gasteiger charge is 2.19. The molecule has 4 nitrogen and oxygen atoms in total. The molecule has 0 radical (unpaired) electrons. The van der Waals surface area contributed by atoms with Crippen molar-refractivity contribution in [2.45, 2.75) is 32.6 Å². The van der Waals surface area contributed by atoms with Gasteiger partial charge in [0.15, 0.2) is 0 Å². The van der Waals surface area contributed by atoms with Crippen LogP contribution in [0.4, 0.5) is 5.82 Å². The summed E-state index contributed by atoms with van der Waals surface area (Å²) in [5, 5.41) is 6.16. The maximum Gasteiger partial charge on any atom is 0.136 e. The lowest BCUT2D eigenvalue weighted by Crippen LogP contribution is -2.18. The zero-order valence-electron chi connectivity index (χ0n) is 11.2. The van der Waals surface area contributed by atoms with Gasteiger partial charge < -0.3 is 5.32 Å². The van der Waals surface area contributed by atoms with Crippen LogP contribution in [-0.4, -0.2) is 22.0 Å². The van der Waals surface area contributed by atoms with Crippen LogP contribution in [0, 0.1) is 0 Å². The van der Waals surface area contributed by atoms with Gasteiger partial charge in [0.2, 0.25) is 0 Å². The molecule has 0 fully saturated rings. The molecule has 0 saturated carbocycles. The first-order valence-electron chi connectivity index (χ1n) is 5.93. The third kappa shape index (κ3) is 3.04. The largest absolute Gasteiger partial charge is 0.373 e. The second kappa shape index (κ2) is 5.02. The Morgan fingerprint density at radius 1 is 1.28 bits per heavy atom. The van der Waals surface area contributed by atoms with Crippen LogP contribution in [-0.2, 0) is 11.8 Å². The Morgan fingerprint density at radius 2 is 2.06 bits per heavy atom. The van der Waals surface area contributed by atoms with E-state index >= 15 is 0 Å². The smallest absolute Gasteiger partial charge is 0.136 e. The van der Waals surface area contributed by atoms with Gasteiger partial charge >= 0.3 is 0 Å². The van der Waals surface area contributed by atoms with Crippen LogP contribution >= 0.6 is 11.3 Å². The highest BCUT2D eigenvalue weighted by atomic mass is 32.1. The maximum atomic E-state index is 4.64. The third-order valence-corrected chi connectivity index (χ3v) is 3.30. The number of rotatable bonds is 3. The SMILES string of the molecule is CNc1cc(Cc2nccs2)nc(C(C)(C)C)n1. The molecule has 0 aliphatic rings. The van der Waals surface area contributed by atoms with E-state index in [2.05, 4.69) is 41.0 Å². The molecule has 0 aliphatic heterocycles. The molecule has 0 unspecified atom stereocenters. The minimum Gasteiger partial charge on any atom is -0.373 e. The van der Waals surface area contributed by atoms with Gasteiger partial charge in [0, 0.05) is 36.5 Å². The van der Waals surface area contributed by atoms with Crippen molar-refractivity contribution in [2.75, 3.05) is 12.4 Å². The first kappa shape index (κ1) is 13.0.